The second-order valence-corrected chi connectivity index (χ2v) is 4.61. The lowest BCUT2D eigenvalue weighted by molar-refractivity contribution is 0.415. The Hall–Kier alpha value is -0.610. The maximum absolute atomic E-state index is 5.08. The molecule has 0 fully saturated rings. The van der Waals surface area contributed by atoms with Gasteiger partial charge < -0.3 is 4.74 Å². The fourth-order valence-electron chi connectivity index (χ4n) is 1.01. The van der Waals surface area contributed by atoms with Crippen molar-refractivity contribution in [2.45, 2.75) is 0 Å². The van der Waals surface area contributed by atoms with Gasteiger partial charge in [-0.05, 0) is 28.1 Å². The summed E-state index contributed by atoms with van der Waals surface area (Å²) >= 11 is 4.96. The number of hydrogen-bond acceptors (Lipinski definition) is 3. The van der Waals surface area contributed by atoms with E-state index in [1.807, 2.05) is 18.2 Å². The molecule has 0 saturated carbocycles. The van der Waals surface area contributed by atoms with Gasteiger partial charge in [-0.1, -0.05) is 0 Å². The Labute approximate surface area is 82.3 Å². The van der Waals surface area contributed by atoms with Crippen molar-refractivity contribution >= 4 is 37.5 Å². The van der Waals surface area contributed by atoms with E-state index < -0.39 is 0 Å². The molecule has 2 nitrogen and oxygen atoms in total. The van der Waals surface area contributed by atoms with Crippen LogP contribution in [0.25, 0.3) is 10.2 Å². The average molecular weight is 244 g/mol. The van der Waals surface area contributed by atoms with Crippen LogP contribution >= 0.6 is 27.3 Å². The first-order valence-electron chi connectivity index (χ1n) is 3.39. The Morgan fingerprint density at radius 2 is 2.33 bits per heavy atom. The van der Waals surface area contributed by atoms with Crippen molar-refractivity contribution in [3.8, 4) is 5.75 Å². The lowest BCUT2D eigenvalue weighted by Gasteiger charge is -1.96. The number of benzene rings is 1. The largest absolute Gasteiger partial charge is 0.497 e. The third kappa shape index (κ3) is 1.32. The van der Waals surface area contributed by atoms with E-state index in [0.717, 1.165) is 15.2 Å². The number of nitrogens with zero attached hydrogens (tertiary/aromatic N) is 1. The van der Waals surface area contributed by atoms with E-state index in [2.05, 4.69) is 20.9 Å². The van der Waals surface area contributed by atoms with E-state index in [0.29, 0.717) is 0 Å². The van der Waals surface area contributed by atoms with Crippen LogP contribution in [0.3, 0.4) is 0 Å². The topological polar surface area (TPSA) is 22.1 Å². The molecule has 0 spiro atoms. The minimum atomic E-state index is 0.848. The molecule has 0 aliphatic heterocycles. The summed E-state index contributed by atoms with van der Waals surface area (Å²) in [5.74, 6) is 0.848. The third-order valence-corrected chi connectivity index (χ3v) is 3.06. The number of halogens is 1. The van der Waals surface area contributed by atoms with Gasteiger partial charge in [0.05, 0.1) is 17.3 Å². The molecule has 0 N–H and O–H groups in total. The molecule has 0 amide bonds. The molecule has 0 bridgehead atoms. The van der Waals surface area contributed by atoms with Crippen molar-refractivity contribution in [1.29, 1.82) is 0 Å². The molecule has 62 valence electrons. The summed E-state index contributed by atoms with van der Waals surface area (Å²) in [6.45, 7) is 0. The van der Waals surface area contributed by atoms with Crippen LogP contribution in [0.15, 0.2) is 22.1 Å². The molecular weight excluding hydrogens is 238 g/mol. The molecule has 1 aromatic heterocycles. The highest BCUT2D eigenvalue weighted by atomic mass is 79.9. The summed E-state index contributed by atoms with van der Waals surface area (Å²) in [5.41, 5.74) is 0.978. The van der Waals surface area contributed by atoms with Crippen molar-refractivity contribution < 1.29 is 4.74 Å². The number of fused-ring (bicyclic) bond motifs is 1. The molecule has 0 radical (unpaired) electrons. The number of aromatic nitrogens is 1. The van der Waals surface area contributed by atoms with E-state index in [-0.39, 0.29) is 0 Å². The van der Waals surface area contributed by atoms with Gasteiger partial charge in [0, 0.05) is 6.07 Å². The van der Waals surface area contributed by atoms with Crippen molar-refractivity contribution in [3.05, 3.63) is 22.1 Å². The van der Waals surface area contributed by atoms with E-state index in [9.17, 15) is 0 Å². The van der Waals surface area contributed by atoms with Gasteiger partial charge in [-0.2, -0.15) is 0 Å². The Balaban J connectivity index is 2.66. The highest BCUT2D eigenvalue weighted by molar-refractivity contribution is 9.11. The monoisotopic (exact) mass is 243 g/mol. The summed E-state index contributed by atoms with van der Waals surface area (Å²) in [5, 5.41) is 0. The molecule has 0 saturated heterocycles. The van der Waals surface area contributed by atoms with Gasteiger partial charge >= 0.3 is 0 Å². The summed E-state index contributed by atoms with van der Waals surface area (Å²) in [6, 6.07) is 5.88. The van der Waals surface area contributed by atoms with Crippen LogP contribution < -0.4 is 4.74 Å². The number of rotatable bonds is 1. The first-order valence-corrected chi connectivity index (χ1v) is 5.00. The van der Waals surface area contributed by atoms with Crippen LogP contribution in [0.1, 0.15) is 0 Å². The van der Waals surface area contributed by atoms with Crippen LogP contribution in [0.5, 0.6) is 5.75 Å². The molecule has 2 rings (SSSR count). The van der Waals surface area contributed by atoms with Crippen LogP contribution in [-0.4, -0.2) is 12.1 Å². The van der Waals surface area contributed by atoms with E-state index >= 15 is 0 Å². The zero-order valence-corrected chi connectivity index (χ0v) is 8.78. The minimum absolute atomic E-state index is 0.848. The lowest BCUT2D eigenvalue weighted by atomic mass is 10.3. The Bertz CT molecular complexity index is 412. The fraction of sp³-hybridized carbons (Fsp3) is 0.125. The SMILES string of the molecule is COc1ccc2sc(Br)nc2c1. The smallest absolute Gasteiger partial charge is 0.160 e. The van der Waals surface area contributed by atoms with Crippen molar-refractivity contribution in [1.82, 2.24) is 4.98 Å². The Kier molecular flexibility index (Phi) is 2.02. The van der Waals surface area contributed by atoms with Gasteiger partial charge in [-0.15, -0.1) is 11.3 Å². The second-order valence-electron chi connectivity index (χ2n) is 2.30. The average Bonchev–Trinajstić information content (AvgIpc) is 2.43. The molecule has 0 aliphatic carbocycles. The summed E-state index contributed by atoms with van der Waals surface area (Å²) < 4.78 is 7.16. The van der Waals surface area contributed by atoms with Crippen molar-refractivity contribution in [2.75, 3.05) is 7.11 Å². The molecule has 0 aliphatic rings. The van der Waals surface area contributed by atoms with Crippen molar-refractivity contribution in [2.24, 2.45) is 0 Å². The quantitative estimate of drug-likeness (QED) is 0.769. The molecule has 12 heavy (non-hydrogen) atoms. The van der Waals surface area contributed by atoms with Crippen LogP contribution in [0.4, 0.5) is 0 Å². The Morgan fingerprint density at radius 3 is 3.08 bits per heavy atom. The lowest BCUT2D eigenvalue weighted by Crippen LogP contribution is -1.80. The zero-order chi connectivity index (χ0) is 8.55. The Morgan fingerprint density at radius 1 is 1.50 bits per heavy atom. The normalized spacial score (nSPS) is 10.5. The molecule has 1 heterocycles. The van der Waals surface area contributed by atoms with E-state index in [1.54, 1.807) is 18.4 Å². The maximum Gasteiger partial charge on any atom is 0.160 e. The molecule has 0 atom stereocenters. The number of thiazole rings is 1. The fourth-order valence-corrected chi connectivity index (χ4v) is 2.39. The van der Waals surface area contributed by atoms with Gasteiger partial charge in [-0.25, -0.2) is 4.98 Å². The van der Waals surface area contributed by atoms with Gasteiger partial charge in [0.2, 0.25) is 0 Å². The van der Waals surface area contributed by atoms with Crippen LogP contribution in [-0.2, 0) is 0 Å². The van der Waals surface area contributed by atoms with Gasteiger partial charge in [0.15, 0.2) is 3.92 Å². The predicted molar refractivity (Wildman–Crippen MR) is 53.9 cm³/mol. The summed E-state index contributed by atoms with van der Waals surface area (Å²) in [7, 11) is 1.66. The van der Waals surface area contributed by atoms with Gasteiger partial charge in [0.25, 0.3) is 0 Å². The summed E-state index contributed by atoms with van der Waals surface area (Å²) in [6.07, 6.45) is 0. The first kappa shape index (κ1) is 8.01. The van der Waals surface area contributed by atoms with E-state index in [4.69, 9.17) is 4.74 Å². The molecular formula is C8H6BrNOS. The highest BCUT2D eigenvalue weighted by Gasteiger charge is 2.01. The van der Waals surface area contributed by atoms with Crippen LogP contribution in [0, 0.1) is 0 Å². The summed E-state index contributed by atoms with van der Waals surface area (Å²) in [4.78, 5) is 4.28. The standard InChI is InChI=1S/C8H6BrNOS/c1-11-5-2-3-7-6(4-5)10-8(9)12-7/h2-4H,1H3. The third-order valence-electron chi connectivity index (χ3n) is 1.57. The molecule has 4 heteroatoms. The maximum atomic E-state index is 5.08. The zero-order valence-electron chi connectivity index (χ0n) is 6.37. The van der Waals surface area contributed by atoms with Crippen LogP contribution in [0.2, 0.25) is 0 Å². The molecule has 0 unspecified atom stereocenters. The van der Waals surface area contributed by atoms with E-state index in [1.165, 1.54) is 4.70 Å². The second kappa shape index (κ2) is 3.03. The number of hydrogen-bond donors (Lipinski definition) is 0. The number of methoxy groups -OCH3 is 1. The molecule has 2 aromatic rings. The van der Waals surface area contributed by atoms with Gasteiger partial charge in [-0.3, -0.25) is 0 Å². The number of ether oxygens (including phenoxy) is 1. The molecule has 1 aromatic carbocycles. The van der Waals surface area contributed by atoms with Gasteiger partial charge in [0.1, 0.15) is 5.75 Å². The predicted octanol–water partition coefficient (Wildman–Crippen LogP) is 3.07. The first-order chi connectivity index (χ1) is 5.79. The van der Waals surface area contributed by atoms with Crippen molar-refractivity contribution in [3.63, 3.8) is 0 Å². The highest BCUT2D eigenvalue weighted by Crippen LogP contribution is 2.28. The minimum Gasteiger partial charge on any atom is -0.497 e.